The largest absolute Gasteiger partial charge is 0.301 e. The Morgan fingerprint density at radius 1 is 1.08 bits per heavy atom. The molecule has 0 heterocycles. The van der Waals surface area contributed by atoms with Crippen molar-refractivity contribution in [3.63, 3.8) is 0 Å². The van der Waals surface area contributed by atoms with Crippen LogP contribution in [0.15, 0.2) is 47.4 Å². The van der Waals surface area contributed by atoms with Gasteiger partial charge in [-0.05, 0) is 80.7 Å². The summed E-state index contributed by atoms with van der Waals surface area (Å²) in [5.41, 5.74) is 3.12. The molecule has 6 heteroatoms. The van der Waals surface area contributed by atoms with Gasteiger partial charge in [0.25, 0.3) is 0 Å². The summed E-state index contributed by atoms with van der Waals surface area (Å²) in [6.07, 6.45) is 4.22. The molecule has 1 aliphatic rings. The van der Waals surface area contributed by atoms with Crippen molar-refractivity contribution >= 4 is 10.0 Å². The van der Waals surface area contributed by atoms with E-state index in [9.17, 15) is 12.8 Å². The highest BCUT2D eigenvalue weighted by Gasteiger charge is 2.21. The summed E-state index contributed by atoms with van der Waals surface area (Å²) in [6, 6.07) is 11.4. The van der Waals surface area contributed by atoms with E-state index < -0.39 is 10.0 Å². The minimum absolute atomic E-state index is 0.176. The van der Waals surface area contributed by atoms with E-state index in [-0.39, 0.29) is 18.4 Å². The first-order chi connectivity index (χ1) is 12.4. The molecule has 140 valence electrons. The molecule has 0 fully saturated rings. The minimum Gasteiger partial charge on any atom is -0.301 e. The van der Waals surface area contributed by atoms with Gasteiger partial charge in [0.05, 0.1) is 4.90 Å². The second kappa shape index (κ2) is 7.86. The molecule has 1 atom stereocenters. The van der Waals surface area contributed by atoms with Crippen molar-refractivity contribution in [3.05, 3.63) is 65.0 Å². The standard InChI is InChI=1S/C20H25FN2O2S/c1-23(2)20(17-8-5-9-18(21)12-17)14-22-26(24,25)19-11-10-15-6-3-4-7-16(15)13-19/h5,8-13,20,22H,3-4,6-7,14H2,1-2H3. The van der Waals surface area contributed by atoms with Crippen LogP contribution in [0.2, 0.25) is 0 Å². The monoisotopic (exact) mass is 376 g/mol. The van der Waals surface area contributed by atoms with Crippen LogP contribution < -0.4 is 4.72 Å². The SMILES string of the molecule is CN(C)C(CNS(=O)(=O)c1ccc2c(c1)CCCC2)c1cccc(F)c1. The lowest BCUT2D eigenvalue weighted by atomic mass is 9.92. The summed E-state index contributed by atoms with van der Waals surface area (Å²) in [5.74, 6) is -0.327. The molecule has 3 rings (SSSR count). The maximum Gasteiger partial charge on any atom is 0.240 e. The molecule has 0 aliphatic heterocycles. The quantitative estimate of drug-likeness (QED) is 0.842. The number of fused-ring (bicyclic) bond motifs is 1. The number of nitrogens with zero attached hydrogens (tertiary/aromatic N) is 1. The van der Waals surface area contributed by atoms with Crippen LogP contribution in [0.4, 0.5) is 4.39 Å². The van der Waals surface area contributed by atoms with Crippen molar-refractivity contribution in [1.29, 1.82) is 0 Å². The van der Waals surface area contributed by atoms with Crippen LogP contribution in [0.1, 0.15) is 35.6 Å². The van der Waals surface area contributed by atoms with E-state index in [0.717, 1.165) is 36.8 Å². The molecule has 0 radical (unpaired) electrons. The first kappa shape index (κ1) is 19.0. The smallest absolute Gasteiger partial charge is 0.240 e. The molecule has 0 spiro atoms. The molecule has 2 aromatic rings. The maximum atomic E-state index is 13.5. The highest BCUT2D eigenvalue weighted by atomic mass is 32.2. The Hall–Kier alpha value is -1.76. The Bertz CT molecular complexity index is 881. The van der Waals surface area contributed by atoms with Gasteiger partial charge < -0.3 is 4.90 Å². The zero-order valence-corrected chi connectivity index (χ0v) is 16.0. The fourth-order valence-corrected chi connectivity index (χ4v) is 4.55. The highest BCUT2D eigenvalue weighted by Crippen LogP contribution is 2.25. The Labute approximate surface area is 155 Å². The molecule has 4 nitrogen and oxygen atoms in total. The van der Waals surface area contributed by atoms with Crippen molar-refractivity contribution in [3.8, 4) is 0 Å². The van der Waals surface area contributed by atoms with Gasteiger partial charge in [0.1, 0.15) is 5.82 Å². The van der Waals surface area contributed by atoms with Gasteiger partial charge >= 0.3 is 0 Å². The van der Waals surface area contributed by atoms with Crippen LogP contribution in [0.25, 0.3) is 0 Å². The third-order valence-electron chi connectivity index (χ3n) is 4.95. The molecule has 1 unspecified atom stereocenters. The third kappa shape index (κ3) is 4.31. The first-order valence-corrected chi connectivity index (χ1v) is 10.4. The minimum atomic E-state index is -3.61. The summed E-state index contributed by atoms with van der Waals surface area (Å²) in [7, 11) is 0.0891. The molecule has 0 bridgehead atoms. The van der Waals surface area contributed by atoms with Crippen LogP contribution in [-0.4, -0.2) is 34.0 Å². The van der Waals surface area contributed by atoms with E-state index in [1.54, 1.807) is 24.3 Å². The lowest BCUT2D eigenvalue weighted by Gasteiger charge is -2.25. The van der Waals surface area contributed by atoms with Gasteiger partial charge in [-0.3, -0.25) is 0 Å². The molecule has 0 aromatic heterocycles. The number of hydrogen-bond donors (Lipinski definition) is 1. The van der Waals surface area contributed by atoms with Crippen LogP contribution in [0.3, 0.4) is 0 Å². The third-order valence-corrected chi connectivity index (χ3v) is 6.38. The summed E-state index contributed by atoms with van der Waals surface area (Å²) < 4.78 is 41.7. The lowest BCUT2D eigenvalue weighted by Crippen LogP contribution is -2.34. The topological polar surface area (TPSA) is 49.4 Å². The molecule has 2 aromatic carbocycles. The predicted octanol–water partition coefficient (Wildman–Crippen LogP) is 3.29. The molecule has 0 saturated heterocycles. The number of sulfonamides is 1. The molecular formula is C20H25FN2O2S. The van der Waals surface area contributed by atoms with Crippen molar-refractivity contribution in [2.24, 2.45) is 0 Å². The highest BCUT2D eigenvalue weighted by molar-refractivity contribution is 7.89. The van der Waals surface area contributed by atoms with E-state index in [0.29, 0.717) is 4.90 Å². The van der Waals surface area contributed by atoms with Crippen molar-refractivity contribution in [1.82, 2.24) is 9.62 Å². The van der Waals surface area contributed by atoms with Gasteiger partial charge in [-0.25, -0.2) is 17.5 Å². The Morgan fingerprint density at radius 2 is 1.81 bits per heavy atom. The number of aryl methyl sites for hydroxylation is 2. The summed E-state index contributed by atoms with van der Waals surface area (Å²) in [5, 5.41) is 0. The van der Waals surface area contributed by atoms with Crippen molar-refractivity contribution < 1.29 is 12.8 Å². The Balaban J connectivity index is 1.78. The Morgan fingerprint density at radius 3 is 2.50 bits per heavy atom. The molecule has 1 N–H and O–H groups in total. The zero-order valence-electron chi connectivity index (χ0n) is 15.2. The predicted molar refractivity (Wildman–Crippen MR) is 101 cm³/mol. The van der Waals surface area contributed by atoms with E-state index >= 15 is 0 Å². The molecule has 0 amide bonds. The number of nitrogens with one attached hydrogen (secondary N) is 1. The number of benzene rings is 2. The summed E-state index contributed by atoms with van der Waals surface area (Å²) in [6.45, 7) is 0.176. The van der Waals surface area contributed by atoms with Gasteiger partial charge in [0.15, 0.2) is 0 Å². The maximum absolute atomic E-state index is 13.5. The average Bonchev–Trinajstić information content (AvgIpc) is 2.61. The molecule has 1 aliphatic carbocycles. The normalized spacial score (nSPS) is 15.7. The molecule has 0 saturated carbocycles. The van der Waals surface area contributed by atoms with Gasteiger partial charge in [-0.2, -0.15) is 0 Å². The first-order valence-electron chi connectivity index (χ1n) is 8.90. The van der Waals surface area contributed by atoms with Gasteiger partial charge in [-0.15, -0.1) is 0 Å². The molecule has 26 heavy (non-hydrogen) atoms. The lowest BCUT2D eigenvalue weighted by molar-refractivity contribution is 0.299. The number of rotatable bonds is 6. The second-order valence-electron chi connectivity index (χ2n) is 7.02. The van der Waals surface area contributed by atoms with Crippen LogP contribution in [0.5, 0.6) is 0 Å². The van der Waals surface area contributed by atoms with Crippen LogP contribution >= 0.6 is 0 Å². The van der Waals surface area contributed by atoms with Crippen molar-refractivity contribution in [2.75, 3.05) is 20.6 Å². The van der Waals surface area contributed by atoms with E-state index in [1.807, 2.05) is 25.1 Å². The van der Waals surface area contributed by atoms with E-state index in [1.165, 1.54) is 17.7 Å². The Kier molecular flexibility index (Phi) is 5.75. The van der Waals surface area contributed by atoms with Gasteiger partial charge in [0.2, 0.25) is 10.0 Å². The number of hydrogen-bond acceptors (Lipinski definition) is 3. The fraction of sp³-hybridized carbons (Fsp3) is 0.400. The van der Waals surface area contributed by atoms with Gasteiger partial charge in [0, 0.05) is 12.6 Å². The van der Waals surface area contributed by atoms with Crippen molar-refractivity contribution in [2.45, 2.75) is 36.6 Å². The zero-order chi connectivity index (χ0) is 18.7. The number of likely N-dealkylation sites (N-methyl/N-ethyl adjacent to an activating group) is 1. The molecular weight excluding hydrogens is 351 g/mol. The van der Waals surface area contributed by atoms with E-state index in [4.69, 9.17) is 0 Å². The van der Waals surface area contributed by atoms with Crippen LogP contribution in [0, 0.1) is 5.82 Å². The van der Waals surface area contributed by atoms with E-state index in [2.05, 4.69) is 4.72 Å². The van der Waals surface area contributed by atoms with Crippen LogP contribution in [-0.2, 0) is 22.9 Å². The van der Waals surface area contributed by atoms with Gasteiger partial charge in [-0.1, -0.05) is 18.2 Å². The average molecular weight is 376 g/mol. The second-order valence-corrected chi connectivity index (χ2v) is 8.79. The summed E-state index contributed by atoms with van der Waals surface area (Å²) in [4.78, 5) is 2.18. The summed E-state index contributed by atoms with van der Waals surface area (Å²) >= 11 is 0. The number of halogens is 1. The fourth-order valence-electron chi connectivity index (χ4n) is 3.46.